The van der Waals surface area contributed by atoms with Crippen LogP contribution in [0.4, 0.5) is 0 Å². The number of carbonyl (C=O) groups is 1. The van der Waals surface area contributed by atoms with Gasteiger partial charge in [-0.3, -0.25) is 0 Å². The average Bonchev–Trinajstić information content (AvgIpc) is 2.67. The largest absolute Gasteiger partial charge is 0.463 e. The summed E-state index contributed by atoms with van der Waals surface area (Å²) in [5.74, 6) is -0.294. The van der Waals surface area contributed by atoms with E-state index in [1.165, 1.54) is 6.08 Å². The lowest BCUT2D eigenvalue weighted by molar-refractivity contribution is -0.137. The van der Waals surface area contributed by atoms with Crippen molar-refractivity contribution in [2.45, 2.75) is 13.0 Å². The fourth-order valence-electron chi connectivity index (χ4n) is 0.543. The summed E-state index contributed by atoms with van der Waals surface area (Å²) >= 11 is 0. The Morgan fingerprint density at radius 2 is 2.60 bits per heavy atom. The Labute approximate surface area is 59.6 Å². The van der Waals surface area contributed by atoms with Crippen LogP contribution in [0.1, 0.15) is 6.92 Å². The van der Waals surface area contributed by atoms with Gasteiger partial charge in [-0.25, -0.2) is 4.79 Å². The van der Waals surface area contributed by atoms with E-state index in [2.05, 4.69) is 4.74 Å². The van der Waals surface area contributed by atoms with E-state index in [0.717, 1.165) is 6.61 Å². The van der Waals surface area contributed by atoms with Gasteiger partial charge in [0.2, 0.25) is 0 Å². The van der Waals surface area contributed by atoms with Crippen molar-refractivity contribution in [2.24, 2.45) is 0 Å². The van der Waals surface area contributed by atoms with Crippen molar-refractivity contribution < 1.29 is 14.3 Å². The lowest BCUT2D eigenvalue weighted by Crippen LogP contribution is -1.99. The smallest absolute Gasteiger partial charge is 0.330 e. The maximum Gasteiger partial charge on any atom is 0.330 e. The predicted molar refractivity (Wildman–Crippen MR) is 35.5 cm³/mol. The van der Waals surface area contributed by atoms with Gasteiger partial charge in [0, 0.05) is 6.08 Å². The van der Waals surface area contributed by atoms with E-state index in [0.29, 0.717) is 6.61 Å². The van der Waals surface area contributed by atoms with Crippen LogP contribution in [0.3, 0.4) is 0 Å². The SMILES string of the molecule is CCOC(=O)/C=C/[C@H]1CO1. The number of epoxide rings is 1. The van der Waals surface area contributed by atoms with Gasteiger partial charge < -0.3 is 9.47 Å². The van der Waals surface area contributed by atoms with E-state index < -0.39 is 0 Å². The Kier molecular flexibility index (Phi) is 2.45. The zero-order chi connectivity index (χ0) is 7.40. The molecule has 0 unspecified atom stereocenters. The van der Waals surface area contributed by atoms with Gasteiger partial charge in [-0.2, -0.15) is 0 Å². The Bertz CT molecular complexity index is 147. The molecule has 0 radical (unpaired) electrons. The van der Waals surface area contributed by atoms with Crippen LogP contribution in [0.25, 0.3) is 0 Å². The van der Waals surface area contributed by atoms with E-state index in [1.807, 2.05) is 0 Å². The van der Waals surface area contributed by atoms with Gasteiger partial charge in [0.1, 0.15) is 0 Å². The molecule has 1 aliphatic rings. The first kappa shape index (κ1) is 7.28. The highest BCUT2D eigenvalue weighted by atomic mass is 16.6. The lowest BCUT2D eigenvalue weighted by atomic mass is 10.4. The molecule has 1 atom stereocenters. The molecule has 1 heterocycles. The van der Waals surface area contributed by atoms with Crippen molar-refractivity contribution in [3.63, 3.8) is 0 Å². The van der Waals surface area contributed by atoms with Crippen LogP contribution in [0.5, 0.6) is 0 Å². The second kappa shape index (κ2) is 3.37. The third-order valence-electron chi connectivity index (χ3n) is 1.09. The van der Waals surface area contributed by atoms with Gasteiger partial charge in [0.15, 0.2) is 0 Å². The van der Waals surface area contributed by atoms with Gasteiger partial charge in [0.05, 0.1) is 19.3 Å². The van der Waals surface area contributed by atoms with E-state index >= 15 is 0 Å². The quantitative estimate of drug-likeness (QED) is 0.327. The van der Waals surface area contributed by atoms with E-state index in [-0.39, 0.29) is 12.1 Å². The van der Waals surface area contributed by atoms with Crippen molar-refractivity contribution >= 4 is 5.97 Å². The average molecular weight is 142 g/mol. The monoisotopic (exact) mass is 142 g/mol. The van der Waals surface area contributed by atoms with Gasteiger partial charge in [0.25, 0.3) is 0 Å². The summed E-state index contributed by atoms with van der Waals surface area (Å²) in [7, 11) is 0. The molecular formula is C7H10O3. The van der Waals surface area contributed by atoms with E-state index in [9.17, 15) is 4.79 Å². The van der Waals surface area contributed by atoms with E-state index in [1.54, 1.807) is 13.0 Å². The molecule has 3 heteroatoms. The first-order chi connectivity index (χ1) is 4.83. The van der Waals surface area contributed by atoms with Gasteiger partial charge in [-0.15, -0.1) is 0 Å². The molecular weight excluding hydrogens is 132 g/mol. The van der Waals surface area contributed by atoms with Gasteiger partial charge >= 0.3 is 5.97 Å². The standard InChI is InChI=1S/C7H10O3/c1-2-9-7(8)4-3-6-5-10-6/h3-4,6H,2,5H2,1H3/b4-3+/t6-/m0/s1. The topological polar surface area (TPSA) is 38.8 Å². The summed E-state index contributed by atoms with van der Waals surface area (Å²) < 4.78 is 9.48. The molecule has 0 aliphatic carbocycles. The Hall–Kier alpha value is -0.830. The minimum absolute atomic E-state index is 0.157. The normalized spacial score (nSPS) is 23.1. The first-order valence-electron chi connectivity index (χ1n) is 3.29. The molecule has 1 aliphatic heterocycles. The number of hydrogen-bond donors (Lipinski definition) is 0. The number of ether oxygens (including phenoxy) is 2. The second-order valence-electron chi connectivity index (χ2n) is 1.98. The summed E-state index contributed by atoms with van der Waals surface area (Å²) in [6, 6.07) is 0. The van der Waals surface area contributed by atoms with Crippen LogP contribution in [-0.2, 0) is 14.3 Å². The molecule has 0 aromatic carbocycles. The summed E-state index contributed by atoms with van der Waals surface area (Å²) in [5.41, 5.74) is 0. The molecule has 0 amide bonds. The molecule has 0 spiro atoms. The fraction of sp³-hybridized carbons (Fsp3) is 0.571. The van der Waals surface area contributed by atoms with Crippen molar-refractivity contribution in [3.05, 3.63) is 12.2 Å². The highest BCUT2D eigenvalue weighted by Gasteiger charge is 2.18. The van der Waals surface area contributed by atoms with Crippen molar-refractivity contribution in [1.82, 2.24) is 0 Å². The van der Waals surface area contributed by atoms with Gasteiger partial charge in [-0.05, 0) is 13.0 Å². The number of rotatable bonds is 3. The molecule has 56 valence electrons. The van der Waals surface area contributed by atoms with Crippen molar-refractivity contribution in [3.8, 4) is 0 Å². The van der Waals surface area contributed by atoms with Gasteiger partial charge in [-0.1, -0.05) is 0 Å². The summed E-state index contributed by atoms with van der Waals surface area (Å²) in [6.07, 6.45) is 3.27. The van der Waals surface area contributed by atoms with Crippen molar-refractivity contribution in [1.29, 1.82) is 0 Å². The highest BCUT2D eigenvalue weighted by molar-refractivity contribution is 5.82. The van der Waals surface area contributed by atoms with Crippen LogP contribution in [0.2, 0.25) is 0 Å². The predicted octanol–water partition coefficient (Wildman–Crippen LogP) is 0.504. The third kappa shape index (κ3) is 2.64. The third-order valence-corrected chi connectivity index (χ3v) is 1.09. The molecule has 1 rings (SSSR count). The molecule has 0 N–H and O–H groups in total. The first-order valence-corrected chi connectivity index (χ1v) is 3.29. The lowest BCUT2D eigenvalue weighted by Gasteiger charge is -1.92. The zero-order valence-electron chi connectivity index (χ0n) is 5.87. The Balaban J connectivity index is 2.15. The van der Waals surface area contributed by atoms with Crippen LogP contribution in [0, 0.1) is 0 Å². The Morgan fingerprint density at radius 3 is 3.10 bits per heavy atom. The second-order valence-corrected chi connectivity index (χ2v) is 1.98. The van der Waals surface area contributed by atoms with Crippen molar-refractivity contribution in [2.75, 3.05) is 13.2 Å². The molecule has 0 bridgehead atoms. The molecule has 0 aromatic rings. The van der Waals surface area contributed by atoms with Crippen LogP contribution in [0.15, 0.2) is 12.2 Å². The molecule has 0 aromatic heterocycles. The van der Waals surface area contributed by atoms with Crippen LogP contribution in [-0.4, -0.2) is 25.3 Å². The molecule has 3 nitrogen and oxygen atoms in total. The van der Waals surface area contributed by atoms with E-state index in [4.69, 9.17) is 4.74 Å². The molecule has 1 fully saturated rings. The van der Waals surface area contributed by atoms with Crippen LogP contribution >= 0.6 is 0 Å². The Morgan fingerprint density at radius 1 is 1.90 bits per heavy atom. The zero-order valence-corrected chi connectivity index (χ0v) is 5.87. The molecule has 0 saturated carbocycles. The number of carbonyl (C=O) groups excluding carboxylic acids is 1. The molecule has 10 heavy (non-hydrogen) atoms. The minimum Gasteiger partial charge on any atom is -0.463 e. The summed E-state index contributed by atoms with van der Waals surface area (Å²) in [4.78, 5) is 10.6. The maximum absolute atomic E-state index is 10.6. The maximum atomic E-state index is 10.6. The summed E-state index contributed by atoms with van der Waals surface area (Å²) in [5, 5.41) is 0. The number of esters is 1. The summed E-state index contributed by atoms with van der Waals surface area (Å²) in [6.45, 7) is 2.93. The molecule has 1 saturated heterocycles. The van der Waals surface area contributed by atoms with Crippen LogP contribution < -0.4 is 0 Å². The fourth-order valence-corrected chi connectivity index (χ4v) is 0.543. The number of hydrogen-bond acceptors (Lipinski definition) is 3. The minimum atomic E-state index is -0.294. The highest BCUT2D eigenvalue weighted by Crippen LogP contribution is 2.09.